The van der Waals surface area contributed by atoms with Crippen LogP contribution in [0.3, 0.4) is 0 Å². The first kappa shape index (κ1) is 15.5. The maximum atomic E-state index is 12.4. The number of aromatic amines is 1. The summed E-state index contributed by atoms with van der Waals surface area (Å²) in [4.78, 5) is 18.0. The molecule has 0 aromatic carbocycles. The van der Waals surface area contributed by atoms with Gasteiger partial charge in [0.05, 0.1) is 0 Å². The lowest BCUT2D eigenvalue weighted by Crippen LogP contribution is -2.40. The van der Waals surface area contributed by atoms with E-state index < -0.39 is 22.0 Å². The van der Waals surface area contributed by atoms with Gasteiger partial charge in [0.15, 0.2) is 0 Å². The number of rotatable bonds is 7. The summed E-state index contributed by atoms with van der Waals surface area (Å²) >= 11 is 0. The van der Waals surface area contributed by atoms with Crippen molar-refractivity contribution < 1.29 is 18.3 Å². The summed E-state index contributed by atoms with van der Waals surface area (Å²) in [6.07, 6.45) is 4.55. The van der Waals surface area contributed by atoms with Gasteiger partial charge in [0.1, 0.15) is 16.6 Å². The summed E-state index contributed by atoms with van der Waals surface area (Å²) in [6, 6.07) is 2.12. The van der Waals surface area contributed by atoms with Crippen LogP contribution in [0.1, 0.15) is 26.2 Å². The minimum Gasteiger partial charge on any atom is -0.480 e. The summed E-state index contributed by atoms with van der Waals surface area (Å²) in [7, 11) is -3.92. The Labute approximate surface area is 122 Å². The molecular weight excluding hydrogens is 294 g/mol. The molecule has 0 saturated carbocycles. The number of hydrogen-bond donors (Lipinski definition) is 3. The number of sulfonamides is 1. The van der Waals surface area contributed by atoms with Gasteiger partial charge in [-0.05, 0) is 18.6 Å². The summed E-state index contributed by atoms with van der Waals surface area (Å²) in [5, 5.41) is 9.56. The van der Waals surface area contributed by atoms with Crippen molar-refractivity contribution in [3.63, 3.8) is 0 Å². The van der Waals surface area contributed by atoms with Gasteiger partial charge in [-0.3, -0.25) is 4.79 Å². The van der Waals surface area contributed by atoms with Crippen LogP contribution < -0.4 is 4.72 Å². The van der Waals surface area contributed by atoms with Crippen LogP contribution in [0.5, 0.6) is 0 Å². The van der Waals surface area contributed by atoms with Gasteiger partial charge >= 0.3 is 5.97 Å². The molecule has 7 nitrogen and oxygen atoms in total. The third kappa shape index (κ3) is 3.40. The fourth-order valence-electron chi connectivity index (χ4n) is 2.04. The molecule has 114 valence electrons. The molecule has 0 aliphatic carbocycles. The van der Waals surface area contributed by atoms with Crippen molar-refractivity contribution in [2.75, 3.05) is 0 Å². The van der Waals surface area contributed by atoms with Crippen molar-refractivity contribution in [3.8, 4) is 0 Å². The monoisotopic (exact) mass is 311 g/mol. The number of nitrogens with zero attached hydrogens (tertiary/aromatic N) is 1. The zero-order valence-electron chi connectivity index (χ0n) is 11.5. The normalized spacial score (nSPS) is 13.4. The molecule has 2 heterocycles. The average Bonchev–Trinajstić information content (AvgIpc) is 2.87. The van der Waals surface area contributed by atoms with Crippen molar-refractivity contribution in [1.29, 1.82) is 0 Å². The highest BCUT2D eigenvalue weighted by molar-refractivity contribution is 7.89. The number of carboxylic acid groups (broad SMARTS) is 1. The van der Waals surface area contributed by atoms with Crippen LogP contribution in [0.4, 0.5) is 0 Å². The van der Waals surface area contributed by atoms with Gasteiger partial charge in [-0.15, -0.1) is 0 Å². The van der Waals surface area contributed by atoms with E-state index in [0.717, 1.165) is 6.42 Å². The Balaban J connectivity index is 2.30. The Morgan fingerprint density at radius 1 is 1.52 bits per heavy atom. The van der Waals surface area contributed by atoms with Crippen molar-refractivity contribution in [2.24, 2.45) is 0 Å². The summed E-state index contributed by atoms with van der Waals surface area (Å²) in [5.41, 5.74) is 0.443. The average molecular weight is 311 g/mol. The number of pyridine rings is 1. The molecular formula is C13H17N3O4S. The fourth-order valence-corrected chi connectivity index (χ4v) is 3.43. The molecule has 0 aliphatic rings. The van der Waals surface area contributed by atoms with E-state index in [2.05, 4.69) is 14.7 Å². The standard InChI is InChI=1S/C13H17N3O4S/c1-2-3-6-10(13(17)18)16-21(19,20)11-8-15-12-9(11)5-4-7-14-12/h4-5,7-8,10,16H,2-3,6H2,1H3,(H,14,15)(H,17,18)/t10-/m0/s1. The second-order valence-electron chi connectivity index (χ2n) is 4.71. The number of fused-ring (bicyclic) bond motifs is 1. The quantitative estimate of drug-likeness (QED) is 0.717. The van der Waals surface area contributed by atoms with Gasteiger partial charge in [0.2, 0.25) is 10.0 Å². The van der Waals surface area contributed by atoms with Crippen LogP contribution in [0, 0.1) is 0 Å². The third-order valence-corrected chi connectivity index (χ3v) is 4.66. The highest BCUT2D eigenvalue weighted by Gasteiger charge is 2.26. The van der Waals surface area contributed by atoms with Crippen LogP contribution >= 0.6 is 0 Å². The van der Waals surface area contributed by atoms with E-state index in [0.29, 0.717) is 17.5 Å². The predicted molar refractivity (Wildman–Crippen MR) is 77.4 cm³/mol. The molecule has 0 bridgehead atoms. The zero-order valence-corrected chi connectivity index (χ0v) is 12.4. The molecule has 3 N–H and O–H groups in total. The number of carboxylic acids is 1. The van der Waals surface area contributed by atoms with Crippen LogP contribution in [-0.2, 0) is 14.8 Å². The van der Waals surface area contributed by atoms with Crippen molar-refractivity contribution in [3.05, 3.63) is 24.5 Å². The molecule has 2 aromatic heterocycles. The Morgan fingerprint density at radius 2 is 2.29 bits per heavy atom. The molecule has 0 unspecified atom stereocenters. The molecule has 0 radical (unpaired) electrons. The van der Waals surface area contributed by atoms with Crippen LogP contribution in [-0.4, -0.2) is 35.5 Å². The molecule has 0 fully saturated rings. The van der Waals surface area contributed by atoms with Crippen LogP contribution in [0.2, 0.25) is 0 Å². The lowest BCUT2D eigenvalue weighted by molar-refractivity contribution is -0.139. The topological polar surface area (TPSA) is 112 Å². The first-order valence-electron chi connectivity index (χ1n) is 6.63. The first-order chi connectivity index (χ1) is 9.95. The van der Waals surface area contributed by atoms with Crippen molar-refractivity contribution in [1.82, 2.24) is 14.7 Å². The second kappa shape index (κ2) is 6.23. The highest BCUT2D eigenvalue weighted by atomic mass is 32.2. The van der Waals surface area contributed by atoms with Crippen LogP contribution in [0.25, 0.3) is 11.0 Å². The van der Waals surface area contributed by atoms with Gasteiger partial charge in [-0.2, -0.15) is 4.72 Å². The second-order valence-corrected chi connectivity index (χ2v) is 6.39. The van der Waals surface area contributed by atoms with E-state index in [4.69, 9.17) is 5.11 Å². The summed E-state index contributed by atoms with van der Waals surface area (Å²) in [6.45, 7) is 1.92. The smallest absolute Gasteiger partial charge is 0.321 e. The molecule has 0 saturated heterocycles. The Morgan fingerprint density at radius 3 is 2.95 bits per heavy atom. The third-order valence-electron chi connectivity index (χ3n) is 3.14. The van der Waals surface area contributed by atoms with Gasteiger partial charge in [-0.25, -0.2) is 13.4 Å². The Bertz CT molecular complexity index is 739. The lowest BCUT2D eigenvalue weighted by Gasteiger charge is -2.13. The number of aliphatic carboxylic acids is 1. The summed E-state index contributed by atoms with van der Waals surface area (Å²) in [5.74, 6) is -1.18. The van der Waals surface area contributed by atoms with E-state index in [1.165, 1.54) is 6.20 Å². The van der Waals surface area contributed by atoms with Gasteiger partial charge in [0, 0.05) is 17.8 Å². The maximum absolute atomic E-state index is 12.4. The number of aromatic nitrogens is 2. The largest absolute Gasteiger partial charge is 0.480 e. The highest BCUT2D eigenvalue weighted by Crippen LogP contribution is 2.21. The number of hydrogen-bond acceptors (Lipinski definition) is 4. The van der Waals surface area contributed by atoms with E-state index in [-0.39, 0.29) is 11.3 Å². The molecule has 8 heteroatoms. The number of carbonyl (C=O) groups is 1. The van der Waals surface area contributed by atoms with E-state index in [1.807, 2.05) is 6.92 Å². The lowest BCUT2D eigenvalue weighted by atomic mass is 10.1. The van der Waals surface area contributed by atoms with Gasteiger partial charge in [0.25, 0.3) is 0 Å². The first-order valence-corrected chi connectivity index (χ1v) is 8.11. The number of unbranched alkanes of at least 4 members (excludes halogenated alkanes) is 1. The van der Waals surface area contributed by atoms with Crippen molar-refractivity contribution >= 4 is 27.0 Å². The minimum atomic E-state index is -3.92. The van der Waals surface area contributed by atoms with Crippen LogP contribution in [0.15, 0.2) is 29.4 Å². The number of H-pyrrole nitrogens is 1. The molecule has 21 heavy (non-hydrogen) atoms. The minimum absolute atomic E-state index is 0.00773. The zero-order chi connectivity index (χ0) is 15.5. The van der Waals surface area contributed by atoms with Crippen molar-refractivity contribution in [2.45, 2.75) is 37.1 Å². The van der Waals surface area contributed by atoms with E-state index in [9.17, 15) is 13.2 Å². The molecule has 2 rings (SSSR count). The Kier molecular flexibility index (Phi) is 4.59. The van der Waals surface area contributed by atoms with Gasteiger partial charge < -0.3 is 10.1 Å². The Hall–Kier alpha value is -1.93. The maximum Gasteiger partial charge on any atom is 0.321 e. The van der Waals surface area contributed by atoms with E-state index >= 15 is 0 Å². The molecule has 0 amide bonds. The van der Waals surface area contributed by atoms with E-state index in [1.54, 1.807) is 18.3 Å². The molecule has 0 spiro atoms. The number of nitrogens with one attached hydrogen (secondary N) is 2. The predicted octanol–water partition coefficient (Wildman–Crippen LogP) is 1.48. The fraction of sp³-hybridized carbons (Fsp3) is 0.385. The molecule has 1 atom stereocenters. The molecule has 2 aromatic rings. The molecule has 0 aliphatic heterocycles. The van der Waals surface area contributed by atoms with Gasteiger partial charge in [-0.1, -0.05) is 19.8 Å². The summed E-state index contributed by atoms with van der Waals surface area (Å²) < 4.78 is 27.0. The SMILES string of the molecule is CCCC[C@H](NS(=O)(=O)c1c[nH]c2ncccc12)C(=O)O.